The van der Waals surface area contributed by atoms with Crippen molar-refractivity contribution in [2.24, 2.45) is 0 Å². The predicted octanol–water partition coefficient (Wildman–Crippen LogP) is 11.5. The van der Waals surface area contributed by atoms with Gasteiger partial charge in [0, 0.05) is 18.9 Å². The molecule has 6 heteroatoms. The molecule has 0 radical (unpaired) electrons. The zero-order valence-electron chi connectivity index (χ0n) is 32.0. The Hall–Kier alpha value is -1.14. The first-order chi connectivity index (χ1) is 23.0. The Labute approximate surface area is 292 Å². The standard InChI is InChI=1S/C41H81NO5/c1-5-8-11-14-18-24-31-39(30-23-17-12-9-6-2)47-41(45)33-26-20-16-22-28-35-42(38(4)37-43)34-27-21-15-19-25-32-40(44)46-36-29-13-10-7-3/h38-39,43H,5-37H2,1-4H3. The second kappa shape index (κ2) is 36.1. The first-order valence-electron chi connectivity index (χ1n) is 20.7. The monoisotopic (exact) mass is 668 g/mol. The molecule has 0 aliphatic heterocycles. The van der Waals surface area contributed by atoms with Crippen molar-refractivity contribution >= 4 is 11.9 Å². The largest absolute Gasteiger partial charge is 0.466 e. The summed E-state index contributed by atoms with van der Waals surface area (Å²) in [7, 11) is 0. The van der Waals surface area contributed by atoms with E-state index >= 15 is 0 Å². The quantitative estimate of drug-likeness (QED) is 0.0525. The fourth-order valence-electron chi connectivity index (χ4n) is 6.32. The summed E-state index contributed by atoms with van der Waals surface area (Å²) in [6, 6.07) is 0.188. The van der Waals surface area contributed by atoms with Gasteiger partial charge in [0.1, 0.15) is 6.10 Å². The molecule has 0 aliphatic rings. The van der Waals surface area contributed by atoms with Crippen molar-refractivity contribution in [3.8, 4) is 0 Å². The highest BCUT2D eigenvalue weighted by atomic mass is 16.5. The summed E-state index contributed by atoms with van der Waals surface area (Å²) in [4.78, 5) is 26.9. The Morgan fingerprint density at radius 2 is 0.936 bits per heavy atom. The van der Waals surface area contributed by atoms with E-state index in [2.05, 4.69) is 32.6 Å². The van der Waals surface area contributed by atoms with E-state index in [0.29, 0.717) is 19.4 Å². The van der Waals surface area contributed by atoms with Crippen LogP contribution in [0.3, 0.4) is 0 Å². The maximum absolute atomic E-state index is 12.7. The van der Waals surface area contributed by atoms with Crippen LogP contribution in [0.1, 0.15) is 214 Å². The minimum absolute atomic E-state index is 0.00947. The second-order valence-electron chi connectivity index (χ2n) is 14.3. The third-order valence-electron chi connectivity index (χ3n) is 9.61. The SMILES string of the molecule is CCCCCCCCC(CCCCCCC)OC(=O)CCCCCCCN(CCCCCCCC(=O)OCCCCCC)C(C)CO. The summed E-state index contributed by atoms with van der Waals surface area (Å²) in [5.41, 5.74) is 0. The molecular formula is C41H81NO5. The second-order valence-corrected chi connectivity index (χ2v) is 14.3. The molecule has 0 amide bonds. The van der Waals surface area contributed by atoms with Gasteiger partial charge in [0.15, 0.2) is 0 Å². The molecule has 0 heterocycles. The van der Waals surface area contributed by atoms with Crippen LogP contribution in [0, 0.1) is 0 Å². The number of hydrogen-bond acceptors (Lipinski definition) is 6. The van der Waals surface area contributed by atoms with Crippen LogP contribution in [0.5, 0.6) is 0 Å². The minimum Gasteiger partial charge on any atom is -0.466 e. The van der Waals surface area contributed by atoms with E-state index in [4.69, 9.17) is 9.47 Å². The summed E-state index contributed by atoms with van der Waals surface area (Å²) in [5.74, 6) is -0.0319. The van der Waals surface area contributed by atoms with Gasteiger partial charge in [0.25, 0.3) is 0 Å². The van der Waals surface area contributed by atoms with E-state index < -0.39 is 0 Å². The topological polar surface area (TPSA) is 76.1 Å². The molecule has 6 nitrogen and oxygen atoms in total. The molecule has 0 saturated carbocycles. The van der Waals surface area contributed by atoms with Crippen molar-refractivity contribution in [2.45, 2.75) is 226 Å². The van der Waals surface area contributed by atoms with Crippen LogP contribution in [0.2, 0.25) is 0 Å². The number of rotatable bonds is 37. The van der Waals surface area contributed by atoms with Crippen LogP contribution >= 0.6 is 0 Å². The van der Waals surface area contributed by atoms with Gasteiger partial charge in [0.05, 0.1) is 13.2 Å². The average Bonchev–Trinajstić information content (AvgIpc) is 3.07. The Balaban J connectivity index is 4.07. The van der Waals surface area contributed by atoms with Crippen molar-refractivity contribution in [1.82, 2.24) is 4.90 Å². The number of carbonyl (C=O) groups is 2. The minimum atomic E-state index is -0.0414. The molecule has 0 aromatic rings. The summed E-state index contributed by atoms with van der Waals surface area (Å²) < 4.78 is 11.3. The number of carbonyl (C=O) groups excluding carboxylic acids is 2. The van der Waals surface area contributed by atoms with Crippen molar-refractivity contribution in [3.63, 3.8) is 0 Å². The number of aliphatic hydroxyl groups excluding tert-OH is 1. The molecule has 0 saturated heterocycles. The van der Waals surface area contributed by atoms with E-state index in [0.717, 1.165) is 103 Å². The number of unbranched alkanes of at least 4 members (excludes halogenated alkanes) is 20. The number of esters is 2. The summed E-state index contributed by atoms with van der Waals surface area (Å²) in [6.45, 7) is 11.6. The molecule has 2 atom stereocenters. The molecule has 0 aromatic heterocycles. The van der Waals surface area contributed by atoms with Gasteiger partial charge in [-0.25, -0.2) is 0 Å². The van der Waals surface area contributed by atoms with E-state index in [-0.39, 0.29) is 30.7 Å². The van der Waals surface area contributed by atoms with E-state index in [1.165, 1.54) is 83.5 Å². The van der Waals surface area contributed by atoms with Crippen molar-refractivity contribution in [3.05, 3.63) is 0 Å². The molecule has 0 aromatic carbocycles. The first-order valence-corrected chi connectivity index (χ1v) is 20.7. The Morgan fingerprint density at radius 3 is 1.43 bits per heavy atom. The van der Waals surface area contributed by atoms with Crippen LogP contribution in [0.15, 0.2) is 0 Å². The average molecular weight is 668 g/mol. The van der Waals surface area contributed by atoms with Crippen molar-refractivity contribution < 1.29 is 24.2 Å². The molecule has 0 rings (SSSR count). The van der Waals surface area contributed by atoms with Gasteiger partial charge in [0.2, 0.25) is 0 Å². The number of aliphatic hydroxyl groups is 1. The molecule has 0 spiro atoms. The molecule has 0 fully saturated rings. The zero-order chi connectivity index (χ0) is 34.6. The smallest absolute Gasteiger partial charge is 0.306 e. The van der Waals surface area contributed by atoms with Gasteiger partial charge in [-0.15, -0.1) is 0 Å². The Morgan fingerprint density at radius 1 is 0.532 bits per heavy atom. The van der Waals surface area contributed by atoms with Crippen LogP contribution in [-0.2, 0) is 19.1 Å². The van der Waals surface area contributed by atoms with Crippen molar-refractivity contribution in [2.75, 3.05) is 26.3 Å². The van der Waals surface area contributed by atoms with E-state index in [9.17, 15) is 14.7 Å². The summed E-state index contributed by atoms with van der Waals surface area (Å²) in [6.07, 6.45) is 32.7. The third-order valence-corrected chi connectivity index (χ3v) is 9.61. The summed E-state index contributed by atoms with van der Waals surface area (Å²) in [5, 5.41) is 9.77. The highest BCUT2D eigenvalue weighted by Gasteiger charge is 2.15. The lowest BCUT2D eigenvalue weighted by atomic mass is 10.0. The number of ether oxygens (including phenoxy) is 2. The molecule has 2 unspecified atom stereocenters. The highest BCUT2D eigenvalue weighted by Crippen LogP contribution is 2.18. The van der Waals surface area contributed by atoms with Gasteiger partial charge >= 0.3 is 11.9 Å². The third kappa shape index (κ3) is 31.9. The molecular weight excluding hydrogens is 586 g/mol. The van der Waals surface area contributed by atoms with Gasteiger partial charge in [-0.2, -0.15) is 0 Å². The zero-order valence-corrected chi connectivity index (χ0v) is 32.0. The fourth-order valence-corrected chi connectivity index (χ4v) is 6.32. The van der Waals surface area contributed by atoms with Gasteiger partial charge in [-0.1, -0.05) is 136 Å². The van der Waals surface area contributed by atoms with Gasteiger partial charge in [-0.05, 0) is 77.8 Å². The molecule has 47 heavy (non-hydrogen) atoms. The number of nitrogens with zero attached hydrogens (tertiary/aromatic N) is 1. The van der Waals surface area contributed by atoms with Crippen LogP contribution in [-0.4, -0.2) is 60.4 Å². The number of hydrogen-bond donors (Lipinski definition) is 1. The van der Waals surface area contributed by atoms with E-state index in [1.807, 2.05) is 0 Å². The van der Waals surface area contributed by atoms with E-state index in [1.54, 1.807) is 0 Å². The van der Waals surface area contributed by atoms with Crippen LogP contribution in [0.25, 0.3) is 0 Å². The Kier molecular flexibility index (Phi) is 35.3. The lowest BCUT2D eigenvalue weighted by Crippen LogP contribution is -2.37. The van der Waals surface area contributed by atoms with Gasteiger partial charge < -0.3 is 14.6 Å². The lowest BCUT2D eigenvalue weighted by molar-refractivity contribution is -0.150. The van der Waals surface area contributed by atoms with Gasteiger partial charge in [-0.3, -0.25) is 14.5 Å². The predicted molar refractivity (Wildman–Crippen MR) is 200 cm³/mol. The normalized spacial score (nSPS) is 12.8. The molecule has 1 N–H and O–H groups in total. The maximum atomic E-state index is 12.7. The molecule has 0 aliphatic carbocycles. The summed E-state index contributed by atoms with van der Waals surface area (Å²) >= 11 is 0. The van der Waals surface area contributed by atoms with Crippen LogP contribution in [0.4, 0.5) is 0 Å². The first kappa shape index (κ1) is 45.9. The fraction of sp³-hybridized carbons (Fsp3) is 0.951. The highest BCUT2D eigenvalue weighted by molar-refractivity contribution is 5.69. The molecule has 280 valence electrons. The van der Waals surface area contributed by atoms with Crippen LogP contribution < -0.4 is 0 Å². The van der Waals surface area contributed by atoms with Crippen molar-refractivity contribution in [1.29, 1.82) is 0 Å². The Bertz CT molecular complexity index is 672. The molecule has 0 bridgehead atoms. The maximum Gasteiger partial charge on any atom is 0.306 e. The lowest BCUT2D eigenvalue weighted by Gasteiger charge is -2.27.